The summed E-state index contributed by atoms with van der Waals surface area (Å²) in [5.41, 5.74) is 1.53. The second kappa shape index (κ2) is 10.5. The molecule has 4 rings (SSSR count). The lowest BCUT2D eigenvalue weighted by atomic mass is 10.1. The number of anilines is 1. The van der Waals surface area contributed by atoms with E-state index in [1.807, 2.05) is 0 Å². The number of nitrogens with zero attached hydrogens (tertiary/aromatic N) is 2. The van der Waals surface area contributed by atoms with Crippen LogP contribution < -0.4 is 15.4 Å². The Kier molecular flexibility index (Phi) is 7.73. The quantitative estimate of drug-likeness (QED) is 0.573. The van der Waals surface area contributed by atoms with Crippen molar-refractivity contribution in [1.29, 1.82) is 0 Å². The number of alkyl halides is 2. The molecule has 1 amide bonds. The van der Waals surface area contributed by atoms with Crippen LogP contribution in [-0.4, -0.2) is 42.0 Å². The lowest BCUT2D eigenvalue weighted by Gasteiger charge is -2.24. The molecule has 1 aromatic heterocycles. The van der Waals surface area contributed by atoms with Crippen molar-refractivity contribution in [1.82, 2.24) is 15.1 Å². The largest absolute Gasteiger partial charge is 0.435 e. The number of nitrogens with one attached hydrogen (secondary N) is 2. The molecule has 32 heavy (non-hydrogen) atoms. The number of halogens is 4. The first-order chi connectivity index (χ1) is 15.0. The highest BCUT2D eigenvalue weighted by Crippen LogP contribution is 2.25. The van der Waals surface area contributed by atoms with Crippen LogP contribution in [0.1, 0.15) is 22.0 Å². The van der Waals surface area contributed by atoms with E-state index in [0.717, 1.165) is 6.54 Å². The highest BCUT2D eigenvalue weighted by atomic mass is 35.5. The Morgan fingerprint density at radius 3 is 2.69 bits per heavy atom. The van der Waals surface area contributed by atoms with Gasteiger partial charge in [-0.05, 0) is 36.4 Å². The second-order valence-corrected chi connectivity index (χ2v) is 6.80. The van der Waals surface area contributed by atoms with Crippen LogP contribution in [0.4, 0.5) is 18.9 Å². The minimum absolute atomic E-state index is 0. The minimum Gasteiger partial charge on any atom is -0.435 e. The van der Waals surface area contributed by atoms with Gasteiger partial charge in [0, 0.05) is 30.5 Å². The average molecular weight is 469 g/mol. The number of hydrogen-bond acceptors (Lipinski definition) is 5. The van der Waals surface area contributed by atoms with Crippen molar-refractivity contribution in [2.45, 2.75) is 12.7 Å². The normalized spacial score (nSPS) is 15.8. The van der Waals surface area contributed by atoms with E-state index in [-0.39, 0.29) is 29.8 Å². The highest BCUT2D eigenvalue weighted by Gasteiger charge is 2.20. The fourth-order valence-electron chi connectivity index (χ4n) is 3.20. The minimum atomic E-state index is -2.91. The van der Waals surface area contributed by atoms with E-state index < -0.39 is 18.3 Å². The van der Waals surface area contributed by atoms with Gasteiger partial charge in [0.15, 0.2) is 0 Å². The van der Waals surface area contributed by atoms with Gasteiger partial charge in [-0.25, -0.2) is 9.07 Å². The van der Waals surface area contributed by atoms with Gasteiger partial charge >= 0.3 is 6.61 Å². The third-order valence-electron chi connectivity index (χ3n) is 4.70. The Morgan fingerprint density at radius 1 is 1.25 bits per heavy atom. The molecule has 0 saturated carbocycles. The lowest BCUT2D eigenvalue weighted by Crippen LogP contribution is -2.33. The number of aromatic nitrogens is 2. The first kappa shape index (κ1) is 23.6. The van der Waals surface area contributed by atoms with Crippen molar-refractivity contribution in [3.63, 3.8) is 0 Å². The zero-order valence-corrected chi connectivity index (χ0v) is 17.4. The number of amides is 1. The summed E-state index contributed by atoms with van der Waals surface area (Å²) in [7, 11) is 0. The van der Waals surface area contributed by atoms with Gasteiger partial charge in [-0.1, -0.05) is 6.07 Å². The topological polar surface area (TPSA) is 77.4 Å². The maximum Gasteiger partial charge on any atom is 0.387 e. The molecule has 11 heteroatoms. The number of benzene rings is 2. The first-order valence-electron chi connectivity index (χ1n) is 9.52. The van der Waals surface area contributed by atoms with Gasteiger partial charge in [0.25, 0.3) is 5.91 Å². The number of carbonyl (C=O) groups is 1. The molecule has 0 aliphatic carbocycles. The number of ether oxygens (including phenoxy) is 2. The fourth-order valence-corrected chi connectivity index (χ4v) is 3.20. The van der Waals surface area contributed by atoms with E-state index in [0.29, 0.717) is 30.1 Å². The molecule has 2 N–H and O–H groups in total. The molecule has 7 nitrogen and oxygen atoms in total. The predicted octanol–water partition coefficient (Wildman–Crippen LogP) is 3.95. The summed E-state index contributed by atoms with van der Waals surface area (Å²) in [5.74, 6) is -0.913. The summed E-state index contributed by atoms with van der Waals surface area (Å²) < 4.78 is 50.2. The smallest absolute Gasteiger partial charge is 0.387 e. The molecule has 1 fully saturated rings. The monoisotopic (exact) mass is 468 g/mol. The zero-order valence-electron chi connectivity index (χ0n) is 16.6. The molecule has 1 aliphatic rings. The number of rotatable bonds is 6. The third-order valence-corrected chi connectivity index (χ3v) is 4.70. The Balaban J connectivity index is 0.00000289. The summed E-state index contributed by atoms with van der Waals surface area (Å²) in [6.45, 7) is -1.14. The molecular formula is C21H20ClF3N4O3. The Bertz CT molecular complexity index is 1060. The van der Waals surface area contributed by atoms with Crippen LogP contribution >= 0.6 is 12.4 Å². The molecule has 1 saturated heterocycles. The number of carbonyl (C=O) groups excluding carboxylic acids is 1. The van der Waals surface area contributed by atoms with Gasteiger partial charge in [0.1, 0.15) is 11.6 Å². The van der Waals surface area contributed by atoms with E-state index in [1.54, 1.807) is 12.1 Å². The van der Waals surface area contributed by atoms with Gasteiger partial charge in [0.05, 0.1) is 30.2 Å². The maximum absolute atomic E-state index is 14.5. The Hall–Kier alpha value is -3.08. The van der Waals surface area contributed by atoms with Crippen LogP contribution in [0, 0.1) is 5.82 Å². The first-order valence-corrected chi connectivity index (χ1v) is 9.52. The average Bonchev–Trinajstić information content (AvgIpc) is 3.25. The summed E-state index contributed by atoms with van der Waals surface area (Å²) >= 11 is 0. The molecule has 3 aromatic rings. The van der Waals surface area contributed by atoms with Crippen LogP contribution in [0.25, 0.3) is 5.69 Å². The van der Waals surface area contributed by atoms with Gasteiger partial charge in [0.2, 0.25) is 0 Å². The van der Waals surface area contributed by atoms with E-state index in [9.17, 15) is 18.0 Å². The third kappa shape index (κ3) is 5.58. The maximum atomic E-state index is 14.5. The zero-order chi connectivity index (χ0) is 21.8. The van der Waals surface area contributed by atoms with E-state index in [2.05, 4.69) is 20.5 Å². The van der Waals surface area contributed by atoms with E-state index in [4.69, 9.17) is 4.74 Å². The number of hydrogen-bond donors (Lipinski definition) is 2. The van der Waals surface area contributed by atoms with Gasteiger partial charge < -0.3 is 20.1 Å². The molecule has 1 unspecified atom stereocenters. The molecule has 2 heterocycles. The van der Waals surface area contributed by atoms with Crippen molar-refractivity contribution in [3.05, 3.63) is 71.8 Å². The van der Waals surface area contributed by atoms with Crippen molar-refractivity contribution in [2.24, 2.45) is 0 Å². The van der Waals surface area contributed by atoms with Crippen LogP contribution in [0.5, 0.6) is 5.75 Å². The molecule has 170 valence electrons. The van der Waals surface area contributed by atoms with Crippen LogP contribution in [0.2, 0.25) is 0 Å². The van der Waals surface area contributed by atoms with Crippen molar-refractivity contribution in [3.8, 4) is 11.4 Å². The molecular weight excluding hydrogens is 449 g/mol. The lowest BCUT2D eigenvalue weighted by molar-refractivity contribution is -0.0498. The molecule has 1 atom stereocenters. The van der Waals surface area contributed by atoms with Crippen molar-refractivity contribution < 1.29 is 27.4 Å². The number of morpholine rings is 1. The summed E-state index contributed by atoms with van der Waals surface area (Å²) in [5, 5.41) is 9.88. The van der Waals surface area contributed by atoms with E-state index >= 15 is 0 Å². The van der Waals surface area contributed by atoms with Crippen LogP contribution in [-0.2, 0) is 4.74 Å². The van der Waals surface area contributed by atoms with E-state index in [1.165, 1.54) is 47.4 Å². The van der Waals surface area contributed by atoms with Gasteiger partial charge in [-0.2, -0.15) is 13.9 Å². The van der Waals surface area contributed by atoms with Crippen molar-refractivity contribution in [2.75, 3.05) is 25.0 Å². The summed E-state index contributed by atoms with van der Waals surface area (Å²) in [6.07, 6.45) is 2.46. The molecule has 0 radical (unpaired) electrons. The standard InChI is InChI=1S/C21H19F3N4O3.ClH/c22-18-9-14(1-6-17(18)19-11-25-7-8-30-19)27-20(29)13-10-26-28(12-13)15-2-4-16(5-3-15)31-21(23)24;/h1-6,9-10,12,19,21,25H,7-8,11H2,(H,27,29);1H. The van der Waals surface area contributed by atoms with Crippen molar-refractivity contribution >= 4 is 24.0 Å². The Morgan fingerprint density at radius 2 is 2.03 bits per heavy atom. The molecule has 0 spiro atoms. The SMILES string of the molecule is Cl.O=C(Nc1ccc(C2CNCCO2)c(F)c1)c1cnn(-c2ccc(OC(F)F)cc2)c1. The predicted molar refractivity (Wildman–Crippen MR) is 113 cm³/mol. The highest BCUT2D eigenvalue weighted by molar-refractivity contribution is 6.04. The van der Waals surface area contributed by atoms with Crippen LogP contribution in [0.3, 0.4) is 0 Å². The fraction of sp³-hybridized carbons (Fsp3) is 0.238. The summed E-state index contributed by atoms with van der Waals surface area (Å²) in [4.78, 5) is 12.5. The molecule has 0 bridgehead atoms. The van der Waals surface area contributed by atoms with Crippen LogP contribution in [0.15, 0.2) is 54.9 Å². The van der Waals surface area contributed by atoms with Gasteiger partial charge in [-0.3, -0.25) is 4.79 Å². The Labute approximate surface area is 187 Å². The summed E-state index contributed by atoms with van der Waals surface area (Å²) in [6, 6.07) is 10.3. The molecule has 2 aromatic carbocycles. The van der Waals surface area contributed by atoms with Gasteiger partial charge in [-0.15, -0.1) is 12.4 Å². The second-order valence-electron chi connectivity index (χ2n) is 6.80. The molecule has 1 aliphatic heterocycles.